The van der Waals surface area contributed by atoms with Crippen molar-refractivity contribution in [2.75, 3.05) is 18.8 Å². The minimum Gasteiger partial charge on any atom is -0.406 e. The molecule has 3 heterocycles. The third kappa shape index (κ3) is 6.00. The van der Waals surface area contributed by atoms with E-state index in [2.05, 4.69) is 14.8 Å². The summed E-state index contributed by atoms with van der Waals surface area (Å²) >= 11 is 0. The number of fused-ring (bicyclic) bond motifs is 1. The predicted molar refractivity (Wildman–Crippen MR) is 118 cm³/mol. The first-order valence-electron chi connectivity index (χ1n) is 10.8. The van der Waals surface area contributed by atoms with Crippen LogP contribution in [-0.2, 0) is 10.0 Å². The van der Waals surface area contributed by atoms with E-state index in [0.717, 1.165) is 37.8 Å². The van der Waals surface area contributed by atoms with Crippen LogP contribution >= 0.6 is 0 Å². The quantitative estimate of drug-likeness (QED) is 0.510. The maximum atomic E-state index is 13.8. The van der Waals surface area contributed by atoms with E-state index in [1.54, 1.807) is 0 Å². The number of β-amino-alcohol motifs (C(OH)–C–C–N with tert-alkyl or cyclic N) is 1. The Morgan fingerprint density at radius 2 is 1.83 bits per heavy atom. The molecule has 0 radical (unpaired) electrons. The van der Waals surface area contributed by atoms with Gasteiger partial charge in [-0.3, -0.25) is 0 Å². The molecule has 2 aliphatic rings. The molecule has 2 fully saturated rings. The van der Waals surface area contributed by atoms with Gasteiger partial charge in [-0.1, -0.05) is 0 Å². The number of anilines is 1. The number of aliphatic hydroxyl groups is 1. The number of aliphatic hydroxyl groups excluding tert-OH is 1. The van der Waals surface area contributed by atoms with Crippen LogP contribution < -0.4 is 10.5 Å². The highest BCUT2D eigenvalue weighted by atomic mass is 32.2. The first-order chi connectivity index (χ1) is 16.4. The number of piperidine rings is 1. The van der Waals surface area contributed by atoms with Crippen molar-refractivity contribution in [3.05, 3.63) is 42.3 Å². The molecule has 1 aromatic carbocycles. The monoisotopic (exact) mass is 517 g/mol. The van der Waals surface area contributed by atoms with Gasteiger partial charge in [-0.05, 0) is 49.9 Å². The Balaban J connectivity index is 0.000000189. The summed E-state index contributed by atoms with van der Waals surface area (Å²) in [6.07, 6.45) is -0.880. The fraction of sp³-hybridized carbons (Fsp3) is 0.429. The molecule has 3 aromatic rings. The largest absolute Gasteiger partial charge is 0.573 e. The van der Waals surface area contributed by atoms with E-state index in [0.29, 0.717) is 24.3 Å². The third-order valence-corrected chi connectivity index (χ3v) is 7.90. The van der Waals surface area contributed by atoms with Gasteiger partial charge in [0.15, 0.2) is 5.82 Å². The standard InChI is InChI=1S/C13H8F4N4O.C8H15NO3S/c14-9-5-10(21-11(9)6-19-12(18)20-21)7-1-3-8(4-2-7)22-13(15,16)17;10-7-2-1-5-9(6-7)13(11,12)8-3-4-8/h1-6H,(H2,18,20);7-8,10H,1-6H2. The average Bonchev–Trinajstić information content (AvgIpc) is 3.59. The van der Waals surface area contributed by atoms with Crippen LogP contribution in [0, 0.1) is 5.82 Å². The van der Waals surface area contributed by atoms with Crippen LogP contribution in [0.2, 0.25) is 0 Å². The summed E-state index contributed by atoms with van der Waals surface area (Å²) in [6, 6.07) is 6.18. The van der Waals surface area contributed by atoms with Gasteiger partial charge in [-0.25, -0.2) is 22.3 Å². The molecule has 2 aromatic heterocycles. The molecule has 190 valence electrons. The van der Waals surface area contributed by atoms with Gasteiger partial charge in [0, 0.05) is 24.7 Å². The third-order valence-electron chi connectivity index (χ3n) is 5.53. The van der Waals surface area contributed by atoms with Crippen LogP contribution in [0.4, 0.5) is 23.5 Å². The molecule has 35 heavy (non-hydrogen) atoms. The van der Waals surface area contributed by atoms with Crippen LogP contribution in [0.5, 0.6) is 5.75 Å². The molecule has 0 bridgehead atoms. The predicted octanol–water partition coefficient (Wildman–Crippen LogP) is 2.95. The summed E-state index contributed by atoms with van der Waals surface area (Å²) in [4.78, 5) is 3.69. The van der Waals surface area contributed by atoms with Gasteiger partial charge < -0.3 is 15.6 Å². The van der Waals surface area contributed by atoms with E-state index in [9.17, 15) is 31.1 Å². The summed E-state index contributed by atoms with van der Waals surface area (Å²) in [5, 5.41) is 13.1. The number of nitrogens with two attached hydrogens (primary N) is 1. The van der Waals surface area contributed by atoms with Gasteiger partial charge in [0.1, 0.15) is 11.3 Å². The Hall–Kier alpha value is -2.97. The zero-order valence-corrected chi connectivity index (χ0v) is 19.1. The van der Waals surface area contributed by atoms with Crippen molar-refractivity contribution in [3.8, 4) is 17.0 Å². The van der Waals surface area contributed by atoms with Crippen molar-refractivity contribution in [2.45, 2.75) is 43.4 Å². The van der Waals surface area contributed by atoms with Gasteiger partial charge in [0.2, 0.25) is 16.0 Å². The van der Waals surface area contributed by atoms with E-state index < -0.39 is 28.3 Å². The molecule has 9 nitrogen and oxygen atoms in total. The molecule has 1 atom stereocenters. The van der Waals surface area contributed by atoms with Crippen molar-refractivity contribution in [1.82, 2.24) is 18.9 Å². The fourth-order valence-corrected chi connectivity index (χ4v) is 5.64. The normalized spacial score (nSPS) is 19.3. The minimum absolute atomic E-state index is 0.0543. The van der Waals surface area contributed by atoms with Crippen molar-refractivity contribution in [1.29, 1.82) is 0 Å². The molecule has 0 amide bonds. The second-order valence-electron chi connectivity index (χ2n) is 8.26. The van der Waals surface area contributed by atoms with Crippen LogP contribution in [0.25, 0.3) is 16.8 Å². The number of hydrogen-bond donors (Lipinski definition) is 2. The summed E-state index contributed by atoms with van der Waals surface area (Å²) in [5.41, 5.74) is 6.36. The number of rotatable bonds is 4. The van der Waals surface area contributed by atoms with Crippen LogP contribution in [0.1, 0.15) is 25.7 Å². The van der Waals surface area contributed by atoms with Gasteiger partial charge in [-0.2, -0.15) is 4.31 Å². The zero-order chi connectivity index (χ0) is 25.4. The SMILES string of the molecule is Nc1ncc2c(F)cc(-c3ccc(OC(F)(F)F)cc3)n2n1.O=S(=O)(C1CC1)N1CCCC(O)C1. The summed E-state index contributed by atoms with van der Waals surface area (Å²) in [6.45, 7) is 0.898. The van der Waals surface area contributed by atoms with E-state index >= 15 is 0 Å². The molecule has 1 saturated carbocycles. The van der Waals surface area contributed by atoms with E-state index in [-0.39, 0.29) is 22.5 Å². The second kappa shape index (κ2) is 9.59. The molecule has 0 spiro atoms. The van der Waals surface area contributed by atoms with Gasteiger partial charge in [0.05, 0.1) is 23.2 Å². The number of benzene rings is 1. The van der Waals surface area contributed by atoms with Crippen LogP contribution in [-0.4, -0.2) is 63.2 Å². The Labute approximate surface area is 198 Å². The number of hydrogen-bond acceptors (Lipinski definition) is 7. The van der Waals surface area contributed by atoms with E-state index in [1.165, 1.54) is 33.2 Å². The van der Waals surface area contributed by atoms with Crippen LogP contribution in [0.3, 0.4) is 0 Å². The Bertz CT molecular complexity index is 1290. The first kappa shape index (κ1) is 25.1. The molecular formula is C21H23F4N5O4S. The van der Waals surface area contributed by atoms with Crippen molar-refractivity contribution >= 4 is 21.5 Å². The lowest BCUT2D eigenvalue weighted by Crippen LogP contribution is -2.43. The molecule has 1 saturated heterocycles. The highest BCUT2D eigenvalue weighted by Gasteiger charge is 2.41. The lowest BCUT2D eigenvalue weighted by Gasteiger charge is -2.29. The second-order valence-corrected chi connectivity index (χ2v) is 10.5. The highest BCUT2D eigenvalue weighted by Crippen LogP contribution is 2.32. The number of ether oxygens (including phenoxy) is 1. The number of aromatic nitrogens is 3. The number of alkyl halides is 3. The minimum atomic E-state index is -4.77. The fourth-order valence-electron chi connectivity index (χ4n) is 3.73. The molecular weight excluding hydrogens is 494 g/mol. The average molecular weight is 518 g/mol. The number of nitrogens with zero attached hydrogens (tertiary/aromatic N) is 4. The van der Waals surface area contributed by atoms with E-state index in [4.69, 9.17) is 5.73 Å². The molecule has 3 N–H and O–H groups in total. The number of sulfonamides is 1. The molecule has 1 aliphatic heterocycles. The van der Waals surface area contributed by atoms with Crippen molar-refractivity contribution < 1.29 is 35.8 Å². The molecule has 5 rings (SSSR count). The highest BCUT2D eigenvalue weighted by molar-refractivity contribution is 7.90. The van der Waals surface area contributed by atoms with Gasteiger partial charge in [0.25, 0.3) is 0 Å². The lowest BCUT2D eigenvalue weighted by molar-refractivity contribution is -0.274. The van der Waals surface area contributed by atoms with Crippen LogP contribution in [0.15, 0.2) is 36.5 Å². The van der Waals surface area contributed by atoms with E-state index in [1.807, 2.05) is 0 Å². The summed E-state index contributed by atoms with van der Waals surface area (Å²) in [7, 11) is -3.05. The molecule has 14 heteroatoms. The maximum absolute atomic E-state index is 13.8. The molecule has 1 aliphatic carbocycles. The lowest BCUT2D eigenvalue weighted by atomic mass is 10.1. The maximum Gasteiger partial charge on any atom is 0.573 e. The summed E-state index contributed by atoms with van der Waals surface area (Å²) < 4.78 is 80.0. The topological polar surface area (TPSA) is 123 Å². The number of halogens is 4. The molecule has 1 unspecified atom stereocenters. The van der Waals surface area contributed by atoms with Crippen molar-refractivity contribution in [2.24, 2.45) is 0 Å². The van der Waals surface area contributed by atoms with Gasteiger partial charge >= 0.3 is 6.36 Å². The Morgan fingerprint density at radius 3 is 2.43 bits per heavy atom. The van der Waals surface area contributed by atoms with Gasteiger partial charge in [-0.15, -0.1) is 18.3 Å². The smallest absolute Gasteiger partial charge is 0.406 e. The number of nitrogen functional groups attached to an aromatic ring is 1. The summed E-state index contributed by atoms with van der Waals surface area (Å²) in [5.74, 6) is -0.987. The Kier molecular flexibility index (Phi) is 6.88. The zero-order valence-electron chi connectivity index (χ0n) is 18.3. The Morgan fingerprint density at radius 1 is 1.14 bits per heavy atom. The first-order valence-corrected chi connectivity index (χ1v) is 12.3. The van der Waals surface area contributed by atoms with Crippen molar-refractivity contribution in [3.63, 3.8) is 0 Å².